The molecule has 0 unspecified atom stereocenters. The van der Waals surface area contributed by atoms with Gasteiger partial charge in [0, 0.05) is 12.4 Å². The second-order valence-corrected chi connectivity index (χ2v) is 4.51. The molecule has 2 aromatic rings. The van der Waals surface area contributed by atoms with Crippen molar-refractivity contribution in [2.45, 2.75) is 16.2 Å². The summed E-state index contributed by atoms with van der Waals surface area (Å²) in [6.45, 7) is 0. The lowest BCUT2D eigenvalue weighted by molar-refractivity contribution is -0.141. The molecule has 0 aliphatic carbocycles. The molecule has 0 amide bonds. The van der Waals surface area contributed by atoms with Crippen LogP contribution in [0.2, 0.25) is 0 Å². The number of carboxylic acid groups (broad SMARTS) is 1. The summed E-state index contributed by atoms with van der Waals surface area (Å²) in [6, 6.07) is 1.50. The van der Waals surface area contributed by atoms with Gasteiger partial charge < -0.3 is 5.11 Å². The van der Waals surface area contributed by atoms with Crippen molar-refractivity contribution in [3.05, 3.63) is 42.0 Å². The molecule has 104 valence electrons. The van der Waals surface area contributed by atoms with Gasteiger partial charge in [-0.05, 0) is 23.9 Å². The number of alkyl halides is 3. The fourth-order valence-corrected chi connectivity index (χ4v) is 2.11. The molecule has 2 rings (SSSR count). The van der Waals surface area contributed by atoms with Crippen LogP contribution in [0.15, 0.2) is 40.8 Å². The van der Waals surface area contributed by atoms with Crippen LogP contribution in [0.1, 0.15) is 16.1 Å². The highest BCUT2D eigenvalue weighted by atomic mass is 32.2. The lowest BCUT2D eigenvalue weighted by atomic mass is 10.2. The third-order valence-corrected chi connectivity index (χ3v) is 3.05. The number of hydrogen-bond acceptors (Lipinski definition) is 5. The number of halogens is 3. The maximum atomic E-state index is 12.6. The van der Waals surface area contributed by atoms with Crippen molar-refractivity contribution in [1.82, 2.24) is 15.0 Å². The van der Waals surface area contributed by atoms with E-state index >= 15 is 0 Å². The molecule has 0 fully saturated rings. The third kappa shape index (κ3) is 3.23. The average molecular weight is 301 g/mol. The number of aromatic carboxylic acids is 1. The number of carbonyl (C=O) groups is 1. The van der Waals surface area contributed by atoms with E-state index in [1.807, 2.05) is 0 Å². The lowest BCUT2D eigenvalue weighted by Crippen LogP contribution is -2.11. The summed E-state index contributed by atoms with van der Waals surface area (Å²) in [4.78, 5) is 22.0. The first-order chi connectivity index (χ1) is 9.38. The molecule has 0 aliphatic heterocycles. The predicted molar refractivity (Wildman–Crippen MR) is 62.4 cm³/mol. The topological polar surface area (TPSA) is 76.0 Å². The minimum atomic E-state index is -4.64. The van der Waals surface area contributed by atoms with Crippen LogP contribution in [0.25, 0.3) is 0 Å². The Balaban J connectivity index is 2.45. The fraction of sp³-hybridized carbons (Fsp3) is 0.0909. The molecule has 0 saturated heterocycles. The highest BCUT2D eigenvalue weighted by Gasteiger charge is 2.33. The largest absolute Gasteiger partial charge is 0.478 e. The van der Waals surface area contributed by atoms with Crippen molar-refractivity contribution >= 4 is 17.7 Å². The molecule has 0 saturated carbocycles. The molecule has 2 heterocycles. The van der Waals surface area contributed by atoms with E-state index in [1.54, 1.807) is 0 Å². The molecule has 0 bridgehead atoms. The number of rotatable bonds is 3. The molecule has 0 atom stereocenters. The van der Waals surface area contributed by atoms with Gasteiger partial charge in [0.15, 0.2) is 0 Å². The lowest BCUT2D eigenvalue weighted by Gasteiger charge is -2.09. The van der Waals surface area contributed by atoms with Crippen LogP contribution in [-0.4, -0.2) is 26.0 Å². The van der Waals surface area contributed by atoms with Gasteiger partial charge in [-0.2, -0.15) is 13.2 Å². The molecule has 5 nitrogen and oxygen atoms in total. The monoisotopic (exact) mass is 301 g/mol. The van der Waals surface area contributed by atoms with Crippen LogP contribution in [-0.2, 0) is 6.18 Å². The number of carboxylic acids is 1. The highest BCUT2D eigenvalue weighted by molar-refractivity contribution is 7.99. The molecule has 0 aliphatic rings. The van der Waals surface area contributed by atoms with Crippen molar-refractivity contribution in [1.29, 1.82) is 0 Å². The van der Waals surface area contributed by atoms with Crippen molar-refractivity contribution < 1.29 is 23.1 Å². The maximum absolute atomic E-state index is 12.6. The van der Waals surface area contributed by atoms with Crippen molar-refractivity contribution in [2.75, 3.05) is 0 Å². The summed E-state index contributed by atoms with van der Waals surface area (Å²) in [7, 11) is 0. The van der Waals surface area contributed by atoms with Gasteiger partial charge >= 0.3 is 12.1 Å². The first-order valence-corrected chi connectivity index (χ1v) is 5.95. The van der Waals surface area contributed by atoms with Crippen molar-refractivity contribution in [3.8, 4) is 0 Å². The number of aromatic nitrogens is 3. The maximum Gasteiger partial charge on any atom is 0.433 e. The van der Waals surface area contributed by atoms with Crippen LogP contribution in [0.4, 0.5) is 13.2 Å². The van der Waals surface area contributed by atoms with Gasteiger partial charge in [-0.15, -0.1) is 0 Å². The summed E-state index contributed by atoms with van der Waals surface area (Å²) < 4.78 is 37.8. The van der Waals surface area contributed by atoms with Gasteiger partial charge in [0.05, 0.1) is 11.8 Å². The van der Waals surface area contributed by atoms with Crippen molar-refractivity contribution in [3.63, 3.8) is 0 Å². The number of hydrogen-bond donors (Lipinski definition) is 1. The zero-order valence-electron chi connectivity index (χ0n) is 9.63. The van der Waals surface area contributed by atoms with Gasteiger partial charge in [0.1, 0.15) is 15.7 Å². The molecular formula is C11H6F3N3O2S. The van der Waals surface area contributed by atoms with E-state index in [0.717, 1.165) is 6.07 Å². The van der Waals surface area contributed by atoms with Crippen LogP contribution < -0.4 is 0 Å². The first kappa shape index (κ1) is 14.3. The molecule has 0 radical (unpaired) electrons. The van der Waals surface area contributed by atoms with Crippen LogP contribution in [0.5, 0.6) is 0 Å². The SMILES string of the molecule is O=C(O)c1ccc(C(F)(F)F)nc1Sc1cnccn1. The quantitative estimate of drug-likeness (QED) is 0.939. The number of nitrogens with zero attached hydrogens (tertiary/aromatic N) is 3. The van der Waals surface area contributed by atoms with E-state index in [2.05, 4.69) is 15.0 Å². The molecule has 0 aromatic carbocycles. The summed E-state index contributed by atoms with van der Waals surface area (Å²) in [6.07, 6.45) is -0.606. The molecule has 9 heteroatoms. The summed E-state index contributed by atoms with van der Waals surface area (Å²) in [5.74, 6) is -1.36. The second-order valence-electron chi connectivity index (χ2n) is 3.50. The average Bonchev–Trinajstić information content (AvgIpc) is 2.38. The van der Waals surface area contributed by atoms with E-state index in [1.165, 1.54) is 18.6 Å². The predicted octanol–water partition coefficient (Wildman–Crippen LogP) is 2.74. The van der Waals surface area contributed by atoms with Gasteiger partial charge in [-0.3, -0.25) is 4.98 Å². The summed E-state index contributed by atoms with van der Waals surface area (Å²) in [5.41, 5.74) is -1.48. The standard InChI is InChI=1S/C11H6F3N3O2S/c12-11(13,14)7-2-1-6(10(18)19)9(17-7)20-8-5-15-3-4-16-8/h1-5H,(H,18,19). The molecule has 2 aromatic heterocycles. The van der Waals surface area contributed by atoms with Gasteiger partial charge in [-0.25, -0.2) is 14.8 Å². The van der Waals surface area contributed by atoms with Crippen LogP contribution in [0, 0.1) is 0 Å². The van der Waals surface area contributed by atoms with Gasteiger partial charge in [0.2, 0.25) is 0 Å². The molecular weight excluding hydrogens is 295 g/mol. The van der Waals surface area contributed by atoms with E-state index in [4.69, 9.17) is 5.11 Å². The number of pyridine rings is 1. The van der Waals surface area contributed by atoms with E-state index in [-0.39, 0.29) is 15.6 Å². The zero-order chi connectivity index (χ0) is 14.8. The molecule has 0 spiro atoms. The smallest absolute Gasteiger partial charge is 0.433 e. The Morgan fingerprint density at radius 1 is 1.25 bits per heavy atom. The minimum absolute atomic E-state index is 0.252. The second kappa shape index (κ2) is 5.45. The van der Waals surface area contributed by atoms with Crippen LogP contribution in [0.3, 0.4) is 0 Å². The summed E-state index contributed by atoms with van der Waals surface area (Å²) in [5, 5.41) is 8.93. The Bertz CT molecular complexity index is 635. The third-order valence-electron chi connectivity index (χ3n) is 2.12. The summed E-state index contributed by atoms with van der Waals surface area (Å²) >= 11 is 0.707. The van der Waals surface area contributed by atoms with E-state index < -0.39 is 17.8 Å². The Hall–Kier alpha value is -2.16. The molecule has 1 N–H and O–H groups in total. The van der Waals surface area contributed by atoms with E-state index in [9.17, 15) is 18.0 Å². The minimum Gasteiger partial charge on any atom is -0.478 e. The van der Waals surface area contributed by atoms with Gasteiger partial charge in [-0.1, -0.05) is 0 Å². The highest BCUT2D eigenvalue weighted by Crippen LogP contribution is 2.32. The van der Waals surface area contributed by atoms with Crippen LogP contribution >= 0.6 is 11.8 Å². The Labute approximate surface area is 114 Å². The Kier molecular flexibility index (Phi) is 3.89. The van der Waals surface area contributed by atoms with E-state index in [0.29, 0.717) is 17.8 Å². The Morgan fingerprint density at radius 3 is 2.55 bits per heavy atom. The van der Waals surface area contributed by atoms with Gasteiger partial charge in [0.25, 0.3) is 0 Å². The first-order valence-electron chi connectivity index (χ1n) is 5.13. The normalized spacial score (nSPS) is 11.3. The van der Waals surface area contributed by atoms with Crippen molar-refractivity contribution in [2.24, 2.45) is 0 Å². The fourth-order valence-electron chi connectivity index (χ4n) is 1.28. The Morgan fingerprint density at radius 2 is 2.00 bits per heavy atom. The zero-order valence-corrected chi connectivity index (χ0v) is 10.4. The molecule has 20 heavy (non-hydrogen) atoms.